The van der Waals surface area contributed by atoms with Gasteiger partial charge in [-0.1, -0.05) is 12.1 Å². The molecule has 0 spiro atoms. The lowest BCUT2D eigenvalue weighted by atomic mass is 10.2. The first-order valence-corrected chi connectivity index (χ1v) is 9.16. The fourth-order valence-electron chi connectivity index (χ4n) is 3.73. The van der Waals surface area contributed by atoms with Gasteiger partial charge in [0.05, 0.1) is 22.4 Å². The van der Waals surface area contributed by atoms with E-state index in [0.717, 1.165) is 47.9 Å². The van der Waals surface area contributed by atoms with Crippen LogP contribution < -0.4 is 4.90 Å². The van der Waals surface area contributed by atoms with E-state index in [-0.39, 0.29) is 0 Å². The van der Waals surface area contributed by atoms with Crippen LogP contribution in [0, 0.1) is 6.92 Å². The highest BCUT2D eigenvalue weighted by molar-refractivity contribution is 5.74. The number of benzene rings is 1. The smallest absolute Gasteiger partial charge is 0.151 e. The summed E-state index contributed by atoms with van der Waals surface area (Å²) in [6.07, 6.45) is 4.11. The first kappa shape index (κ1) is 16.8. The van der Waals surface area contributed by atoms with E-state index < -0.39 is 0 Å². The van der Waals surface area contributed by atoms with Gasteiger partial charge in [0.1, 0.15) is 0 Å². The van der Waals surface area contributed by atoms with Crippen molar-refractivity contribution < 1.29 is 0 Å². The second-order valence-corrected chi connectivity index (χ2v) is 7.01. The van der Waals surface area contributed by atoms with Gasteiger partial charge in [0, 0.05) is 31.9 Å². The van der Waals surface area contributed by atoms with Crippen LogP contribution in [0.4, 0.5) is 5.82 Å². The van der Waals surface area contributed by atoms with Gasteiger partial charge in [-0.05, 0) is 51.1 Å². The van der Waals surface area contributed by atoms with E-state index in [1.807, 2.05) is 43.3 Å². The number of anilines is 1. The molecule has 0 aliphatic carbocycles. The zero-order valence-electron chi connectivity index (χ0n) is 15.3. The number of hydrogen-bond donors (Lipinski definition) is 0. The molecule has 0 saturated carbocycles. The normalized spacial score (nSPS) is 17.3. The van der Waals surface area contributed by atoms with Crippen LogP contribution in [-0.2, 0) is 6.54 Å². The number of hydrogen-bond acceptors (Lipinski definition) is 6. The summed E-state index contributed by atoms with van der Waals surface area (Å²) in [4.78, 5) is 14.2. The predicted octanol–water partition coefficient (Wildman–Crippen LogP) is 2.83. The Hall–Kier alpha value is -2.60. The fraction of sp³-hybridized carbons (Fsp3) is 0.400. The summed E-state index contributed by atoms with van der Waals surface area (Å²) in [5, 5.41) is 8.31. The first-order valence-electron chi connectivity index (χ1n) is 9.16. The van der Waals surface area contributed by atoms with Crippen molar-refractivity contribution in [3.63, 3.8) is 0 Å². The molecular weight excluding hydrogens is 324 g/mol. The molecular formula is C20H24N6. The highest BCUT2D eigenvalue weighted by Crippen LogP contribution is 2.24. The molecule has 1 saturated heterocycles. The van der Waals surface area contributed by atoms with Crippen LogP contribution in [0.1, 0.15) is 24.2 Å². The third-order valence-electron chi connectivity index (χ3n) is 5.01. The van der Waals surface area contributed by atoms with Crippen LogP contribution in [0.3, 0.4) is 0 Å². The molecule has 0 unspecified atom stereocenters. The van der Waals surface area contributed by atoms with Gasteiger partial charge in [-0.2, -0.15) is 5.10 Å². The van der Waals surface area contributed by atoms with Crippen molar-refractivity contribution in [2.24, 2.45) is 0 Å². The van der Waals surface area contributed by atoms with E-state index >= 15 is 0 Å². The second kappa shape index (κ2) is 7.33. The lowest BCUT2D eigenvalue weighted by molar-refractivity contribution is 0.298. The van der Waals surface area contributed by atoms with Gasteiger partial charge < -0.3 is 4.90 Å². The van der Waals surface area contributed by atoms with Gasteiger partial charge in [0.2, 0.25) is 0 Å². The average Bonchev–Trinajstić information content (AvgIpc) is 3.11. The number of para-hydroxylation sites is 2. The van der Waals surface area contributed by atoms with Crippen LogP contribution in [0.5, 0.6) is 0 Å². The topological polar surface area (TPSA) is 58.0 Å². The molecule has 6 heteroatoms. The molecule has 3 heterocycles. The Kier molecular flexibility index (Phi) is 4.75. The quantitative estimate of drug-likeness (QED) is 0.707. The molecule has 0 radical (unpaired) electrons. The lowest BCUT2D eigenvalue weighted by Crippen LogP contribution is -2.39. The van der Waals surface area contributed by atoms with Gasteiger partial charge in [-0.25, -0.2) is 9.97 Å². The molecule has 1 aliphatic rings. The summed E-state index contributed by atoms with van der Waals surface area (Å²) in [7, 11) is 2.16. The Morgan fingerprint density at radius 3 is 2.69 bits per heavy atom. The molecule has 3 aromatic rings. The third-order valence-corrected chi connectivity index (χ3v) is 5.01. The minimum Gasteiger partial charge on any atom is -0.351 e. The highest BCUT2D eigenvalue weighted by atomic mass is 15.3. The largest absolute Gasteiger partial charge is 0.351 e. The van der Waals surface area contributed by atoms with Crippen LogP contribution in [-0.4, -0.2) is 51.2 Å². The monoisotopic (exact) mass is 348 g/mol. The predicted molar refractivity (Wildman–Crippen MR) is 103 cm³/mol. The van der Waals surface area contributed by atoms with E-state index in [4.69, 9.17) is 9.97 Å². The molecule has 0 bridgehead atoms. The maximum absolute atomic E-state index is 4.83. The van der Waals surface area contributed by atoms with Crippen molar-refractivity contribution >= 4 is 16.9 Å². The molecule has 0 amide bonds. The first-order chi connectivity index (χ1) is 12.7. The van der Waals surface area contributed by atoms with Crippen molar-refractivity contribution in [1.82, 2.24) is 25.1 Å². The van der Waals surface area contributed by atoms with Crippen molar-refractivity contribution in [3.8, 4) is 0 Å². The maximum Gasteiger partial charge on any atom is 0.151 e. The van der Waals surface area contributed by atoms with Crippen molar-refractivity contribution in [2.45, 2.75) is 32.4 Å². The third kappa shape index (κ3) is 3.51. The number of aromatic nitrogens is 4. The maximum atomic E-state index is 4.83. The van der Waals surface area contributed by atoms with Crippen LogP contribution in [0.15, 0.2) is 42.6 Å². The van der Waals surface area contributed by atoms with Crippen molar-refractivity contribution in [1.29, 1.82) is 0 Å². The molecule has 1 aromatic carbocycles. The van der Waals surface area contributed by atoms with Gasteiger partial charge in [-0.15, -0.1) is 5.10 Å². The Morgan fingerprint density at radius 2 is 1.92 bits per heavy atom. The summed E-state index contributed by atoms with van der Waals surface area (Å²) in [5.74, 6) is 0.977. The fourth-order valence-corrected chi connectivity index (χ4v) is 3.73. The van der Waals surface area contributed by atoms with Crippen LogP contribution in [0.2, 0.25) is 0 Å². The Morgan fingerprint density at radius 1 is 1.12 bits per heavy atom. The van der Waals surface area contributed by atoms with E-state index in [1.54, 1.807) is 6.20 Å². The highest BCUT2D eigenvalue weighted by Gasteiger charge is 2.27. The summed E-state index contributed by atoms with van der Waals surface area (Å²) in [5.41, 5.74) is 3.98. The second-order valence-electron chi connectivity index (χ2n) is 7.01. The minimum atomic E-state index is 0.463. The standard InChI is InChI=1S/C20H24N6/c1-15-19(23-18-9-4-3-8-17(18)22-15)14-25(2)13-16-7-6-12-26(16)20-10-5-11-21-24-20/h3-5,8-11,16H,6-7,12-14H2,1-2H3/t16-/m0/s1. The Bertz CT molecular complexity index is 882. The Labute approximate surface area is 153 Å². The summed E-state index contributed by atoms with van der Waals surface area (Å²) in [6.45, 7) is 4.87. The number of nitrogens with zero attached hydrogens (tertiary/aromatic N) is 6. The summed E-state index contributed by atoms with van der Waals surface area (Å²) in [6, 6.07) is 12.5. The minimum absolute atomic E-state index is 0.463. The van der Waals surface area contributed by atoms with Gasteiger partial charge in [-0.3, -0.25) is 4.90 Å². The number of likely N-dealkylation sites (N-methyl/N-ethyl adjacent to an activating group) is 1. The molecule has 6 nitrogen and oxygen atoms in total. The van der Waals surface area contributed by atoms with Gasteiger partial charge >= 0.3 is 0 Å². The average molecular weight is 348 g/mol. The number of aryl methyl sites for hydroxylation is 1. The molecule has 1 atom stereocenters. The van der Waals surface area contributed by atoms with Crippen LogP contribution >= 0.6 is 0 Å². The van der Waals surface area contributed by atoms with E-state index in [2.05, 4.69) is 27.0 Å². The Balaban J connectivity index is 1.47. The molecule has 134 valence electrons. The molecule has 1 aliphatic heterocycles. The van der Waals surface area contributed by atoms with Crippen LogP contribution in [0.25, 0.3) is 11.0 Å². The van der Waals surface area contributed by atoms with Gasteiger partial charge in [0.25, 0.3) is 0 Å². The molecule has 0 N–H and O–H groups in total. The van der Waals surface area contributed by atoms with E-state index in [9.17, 15) is 0 Å². The molecule has 4 rings (SSSR count). The zero-order valence-corrected chi connectivity index (χ0v) is 15.3. The number of rotatable bonds is 5. The van der Waals surface area contributed by atoms with Gasteiger partial charge in [0.15, 0.2) is 5.82 Å². The van der Waals surface area contributed by atoms with E-state index in [0.29, 0.717) is 6.04 Å². The van der Waals surface area contributed by atoms with Crippen molar-refractivity contribution in [3.05, 3.63) is 54.0 Å². The molecule has 1 fully saturated rings. The SMILES string of the molecule is Cc1nc2ccccc2nc1CN(C)C[C@@H]1CCCN1c1cccnn1. The summed E-state index contributed by atoms with van der Waals surface area (Å²) >= 11 is 0. The number of fused-ring (bicyclic) bond motifs is 1. The lowest BCUT2D eigenvalue weighted by Gasteiger charge is -2.29. The molecule has 2 aromatic heterocycles. The van der Waals surface area contributed by atoms with E-state index in [1.165, 1.54) is 12.8 Å². The zero-order chi connectivity index (χ0) is 17.9. The molecule has 26 heavy (non-hydrogen) atoms. The van der Waals surface area contributed by atoms with Crippen molar-refractivity contribution in [2.75, 3.05) is 25.0 Å². The summed E-state index contributed by atoms with van der Waals surface area (Å²) < 4.78 is 0.